The van der Waals surface area contributed by atoms with Gasteiger partial charge in [-0.3, -0.25) is 0 Å². The van der Waals surface area contributed by atoms with Gasteiger partial charge in [0.25, 0.3) is 0 Å². The Hall–Kier alpha value is -2.32. The Kier molecular flexibility index (Phi) is 6.44. The summed E-state index contributed by atoms with van der Waals surface area (Å²) in [6, 6.07) is 8.01. The number of carboxylic acid groups (broad SMARTS) is 1. The van der Waals surface area contributed by atoms with E-state index in [1.54, 1.807) is 20.8 Å². The van der Waals surface area contributed by atoms with Crippen LogP contribution in [0, 0.1) is 0 Å². The summed E-state index contributed by atoms with van der Waals surface area (Å²) in [6.45, 7) is 5.27. The highest BCUT2D eigenvalue weighted by Crippen LogP contribution is 2.36. The molecule has 0 aliphatic heterocycles. The first kappa shape index (κ1) is 20.0. The minimum absolute atomic E-state index is 0.0504. The predicted molar refractivity (Wildman–Crippen MR) is 97.6 cm³/mol. The molecule has 1 aromatic heterocycles. The van der Waals surface area contributed by atoms with Crippen LogP contribution in [-0.2, 0) is 16.1 Å². The van der Waals surface area contributed by atoms with Crippen molar-refractivity contribution in [2.24, 2.45) is 0 Å². The molecule has 2 rings (SSSR count). The summed E-state index contributed by atoms with van der Waals surface area (Å²) in [4.78, 5) is 23.6. The fraction of sp³-hybridized carbons (Fsp3) is 0.353. The van der Waals surface area contributed by atoms with Crippen molar-refractivity contribution in [3.05, 3.63) is 45.8 Å². The minimum Gasteiger partial charge on any atom is -0.479 e. The Morgan fingerprint density at radius 3 is 2.54 bits per heavy atom. The summed E-state index contributed by atoms with van der Waals surface area (Å²) >= 11 is 7.06. The Bertz CT molecular complexity index is 773. The van der Waals surface area contributed by atoms with Crippen LogP contribution in [0.3, 0.4) is 0 Å². The lowest BCUT2D eigenvalue weighted by molar-refractivity contribution is -0.139. The van der Waals surface area contributed by atoms with E-state index in [0.717, 1.165) is 17.1 Å². The maximum absolute atomic E-state index is 11.9. The molecule has 7 nitrogen and oxygen atoms in total. The van der Waals surface area contributed by atoms with Gasteiger partial charge in [-0.2, -0.15) is 4.37 Å². The average molecular weight is 399 g/mol. The number of carboxylic acids is 1. The quantitative estimate of drug-likeness (QED) is 0.762. The van der Waals surface area contributed by atoms with Gasteiger partial charge in [0.15, 0.2) is 6.04 Å². The molecule has 0 radical (unpaired) electrons. The van der Waals surface area contributed by atoms with Gasteiger partial charge in [-0.05, 0) is 37.9 Å². The van der Waals surface area contributed by atoms with Crippen molar-refractivity contribution >= 4 is 35.2 Å². The molecule has 2 N–H and O–H groups in total. The van der Waals surface area contributed by atoms with Crippen LogP contribution in [0.5, 0.6) is 5.88 Å². The molecule has 140 valence electrons. The Balaban J connectivity index is 2.11. The Morgan fingerprint density at radius 1 is 1.31 bits per heavy atom. The lowest BCUT2D eigenvalue weighted by Crippen LogP contribution is -2.37. The van der Waals surface area contributed by atoms with Gasteiger partial charge in [0.2, 0.25) is 5.88 Å². The fourth-order valence-corrected chi connectivity index (χ4v) is 3.05. The van der Waals surface area contributed by atoms with Crippen molar-refractivity contribution in [2.75, 3.05) is 0 Å². The summed E-state index contributed by atoms with van der Waals surface area (Å²) < 4.78 is 14.7. The van der Waals surface area contributed by atoms with Crippen molar-refractivity contribution in [3.8, 4) is 5.88 Å². The van der Waals surface area contributed by atoms with E-state index >= 15 is 0 Å². The highest BCUT2D eigenvalue weighted by Gasteiger charge is 2.30. The molecule has 2 aromatic rings. The number of halogens is 1. The third-order valence-electron chi connectivity index (χ3n) is 3.02. The second-order valence-electron chi connectivity index (χ2n) is 6.36. The van der Waals surface area contributed by atoms with Gasteiger partial charge in [-0.15, -0.1) is 0 Å². The molecule has 1 amide bonds. The maximum Gasteiger partial charge on any atom is 0.408 e. The highest BCUT2D eigenvalue weighted by molar-refractivity contribution is 7.06. The standard InChI is InChI=1S/C17H19ClN2O5S/c1-17(2,3)25-16(23)19-12(15(21)22)13-11(18)14(20-26-13)24-9-10-7-5-4-6-8-10/h4-8,12H,9H2,1-3H3,(H,19,23)(H,21,22). The van der Waals surface area contributed by atoms with E-state index in [0.29, 0.717) is 0 Å². The molecular formula is C17H19ClN2O5S. The molecule has 0 aliphatic rings. The zero-order valence-electron chi connectivity index (χ0n) is 14.5. The summed E-state index contributed by atoms with van der Waals surface area (Å²) in [5, 5.41) is 11.8. The molecular weight excluding hydrogens is 380 g/mol. The number of rotatable bonds is 6. The van der Waals surface area contributed by atoms with Gasteiger partial charge in [-0.1, -0.05) is 41.9 Å². The van der Waals surface area contributed by atoms with Crippen LogP contribution in [0.4, 0.5) is 4.79 Å². The topological polar surface area (TPSA) is 97.8 Å². The lowest BCUT2D eigenvalue weighted by atomic mass is 10.2. The number of aromatic nitrogens is 1. The Morgan fingerprint density at radius 2 is 1.96 bits per heavy atom. The van der Waals surface area contributed by atoms with Crippen molar-refractivity contribution in [1.29, 1.82) is 0 Å². The first-order valence-electron chi connectivity index (χ1n) is 7.71. The van der Waals surface area contributed by atoms with E-state index in [1.165, 1.54) is 0 Å². The summed E-state index contributed by atoms with van der Waals surface area (Å²) in [7, 11) is 0. The maximum atomic E-state index is 11.9. The number of aliphatic carboxylic acids is 1. The number of hydrogen-bond donors (Lipinski definition) is 2. The summed E-state index contributed by atoms with van der Waals surface area (Å²) in [6.07, 6.45) is -0.860. The van der Waals surface area contributed by atoms with Crippen LogP contribution >= 0.6 is 23.1 Å². The first-order chi connectivity index (χ1) is 12.2. The van der Waals surface area contributed by atoms with Gasteiger partial charge in [-0.25, -0.2) is 9.59 Å². The minimum atomic E-state index is -1.39. The van der Waals surface area contributed by atoms with Crippen molar-refractivity contribution in [2.45, 2.75) is 39.0 Å². The number of carbonyl (C=O) groups excluding carboxylic acids is 1. The third-order valence-corrected chi connectivity index (χ3v) is 4.39. The number of nitrogens with zero attached hydrogens (tertiary/aromatic N) is 1. The number of ether oxygens (including phenoxy) is 2. The molecule has 1 aromatic carbocycles. The number of hydrogen-bond acceptors (Lipinski definition) is 6. The van der Waals surface area contributed by atoms with E-state index < -0.39 is 23.7 Å². The van der Waals surface area contributed by atoms with Crippen LogP contribution in [0.15, 0.2) is 30.3 Å². The van der Waals surface area contributed by atoms with Crippen molar-refractivity contribution in [3.63, 3.8) is 0 Å². The zero-order valence-corrected chi connectivity index (χ0v) is 16.1. The van der Waals surface area contributed by atoms with Crippen molar-refractivity contribution < 1.29 is 24.2 Å². The van der Waals surface area contributed by atoms with Crippen LogP contribution in [0.25, 0.3) is 0 Å². The molecule has 1 heterocycles. The Labute approximate surface area is 160 Å². The number of nitrogens with one attached hydrogen (secondary N) is 1. The van der Waals surface area contributed by atoms with Gasteiger partial charge in [0.05, 0.1) is 4.88 Å². The molecule has 0 fully saturated rings. The number of benzene rings is 1. The molecule has 1 unspecified atom stereocenters. The second kappa shape index (κ2) is 8.37. The third kappa shape index (κ3) is 5.60. The number of alkyl carbamates (subject to hydrolysis) is 1. The van der Waals surface area contributed by atoms with E-state index in [2.05, 4.69) is 9.69 Å². The van der Waals surface area contributed by atoms with Gasteiger partial charge >= 0.3 is 12.1 Å². The first-order valence-corrected chi connectivity index (χ1v) is 8.86. The fourth-order valence-electron chi connectivity index (χ4n) is 1.94. The number of carbonyl (C=O) groups is 2. The van der Waals surface area contributed by atoms with Gasteiger partial charge in [0, 0.05) is 0 Å². The predicted octanol–water partition coefficient (Wildman–Crippen LogP) is 4.03. The van der Waals surface area contributed by atoms with Crippen LogP contribution < -0.4 is 10.1 Å². The highest BCUT2D eigenvalue weighted by atomic mass is 35.5. The van der Waals surface area contributed by atoms with Crippen molar-refractivity contribution in [1.82, 2.24) is 9.69 Å². The molecule has 9 heteroatoms. The largest absolute Gasteiger partial charge is 0.479 e. The molecule has 0 saturated heterocycles. The average Bonchev–Trinajstić information content (AvgIpc) is 2.90. The SMILES string of the molecule is CC(C)(C)OC(=O)NC(C(=O)O)c1snc(OCc2ccccc2)c1Cl. The lowest BCUT2D eigenvalue weighted by Gasteiger charge is -2.21. The molecule has 0 saturated carbocycles. The molecule has 0 aliphatic carbocycles. The van der Waals surface area contributed by atoms with E-state index in [9.17, 15) is 14.7 Å². The summed E-state index contributed by atoms with van der Waals surface area (Å²) in [5.41, 5.74) is 0.161. The van der Waals surface area contributed by atoms with Gasteiger partial charge in [0.1, 0.15) is 17.2 Å². The summed E-state index contributed by atoms with van der Waals surface area (Å²) in [5.74, 6) is -1.16. The van der Waals surface area contributed by atoms with Crippen LogP contribution in [0.1, 0.15) is 37.3 Å². The second-order valence-corrected chi connectivity index (χ2v) is 7.54. The molecule has 0 spiro atoms. The van der Waals surface area contributed by atoms with E-state index in [4.69, 9.17) is 21.1 Å². The van der Waals surface area contributed by atoms with Crippen LogP contribution in [0.2, 0.25) is 5.02 Å². The van der Waals surface area contributed by atoms with E-state index in [-0.39, 0.29) is 22.4 Å². The van der Waals surface area contributed by atoms with Gasteiger partial charge < -0.3 is 19.9 Å². The monoisotopic (exact) mass is 398 g/mol. The molecule has 26 heavy (non-hydrogen) atoms. The van der Waals surface area contributed by atoms with E-state index in [1.807, 2.05) is 30.3 Å². The molecule has 0 bridgehead atoms. The van der Waals surface area contributed by atoms with Crippen LogP contribution in [-0.4, -0.2) is 27.1 Å². The number of amides is 1. The smallest absolute Gasteiger partial charge is 0.408 e. The molecule has 1 atom stereocenters. The zero-order chi connectivity index (χ0) is 19.3. The normalized spacial score (nSPS) is 12.3.